The molecule has 0 heterocycles. The second kappa shape index (κ2) is 8.45. The smallest absolute Gasteiger partial charge is 0.320 e. The minimum atomic E-state index is -0.924. The lowest BCUT2D eigenvalue weighted by atomic mass is 10.0. The number of hydrogen-bond donors (Lipinski definition) is 3. The molecule has 0 saturated heterocycles. The van der Waals surface area contributed by atoms with Gasteiger partial charge in [0.15, 0.2) is 0 Å². The van der Waals surface area contributed by atoms with E-state index < -0.39 is 12.0 Å². The number of fused-ring (bicyclic) bond motifs is 1. The number of amides is 1. The van der Waals surface area contributed by atoms with E-state index in [0.717, 1.165) is 22.8 Å². The Balaban J connectivity index is 1.93. The van der Waals surface area contributed by atoms with E-state index in [1.54, 1.807) is 0 Å². The zero-order valence-electron chi connectivity index (χ0n) is 14.1. The predicted molar refractivity (Wildman–Crippen MR) is 94.8 cm³/mol. The van der Waals surface area contributed by atoms with Crippen LogP contribution in [-0.2, 0) is 9.59 Å². The first-order chi connectivity index (χ1) is 11.5. The van der Waals surface area contributed by atoms with Gasteiger partial charge >= 0.3 is 5.97 Å². The van der Waals surface area contributed by atoms with Crippen LogP contribution in [0.15, 0.2) is 42.5 Å². The second-order valence-corrected chi connectivity index (χ2v) is 5.96. The molecule has 0 fully saturated rings. The molecule has 2 aromatic carbocycles. The summed E-state index contributed by atoms with van der Waals surface area (Å²) in [5.74, 6) is -1.13. The van der Waals surface area contributed by atoms with Gasteiger partial charge in [0, 0.05) is 0 Å². The minimum Gasteiger partial charge on any atom is -0.480 e. The molecule has 1 amide bonds. The number of aliphatic carboxylic acids is 1. The zero-order valence-corrected chi connectivity index (χ0v) is 14.1. The Labute approximate surface area is 142 Å². The Morgan fingerprint density at radius 3 is 2.50 bits per heavy atom. The van der Waals surface area contributed by atoms with Crippen molar-refractivity contribution in [1.29, 1.82) is 0 Å². The number of rotatable bonds is 8. The second-order valence-electron chi connectivity index (χ2n) is 5.96. The van der Waals surface area contributed by atoms with Gasteiger partial charge in [0.25, 0.3) is 0 Å². The summed E-state index contributed by atoms with van der Waals surface area (Å²) in [5.41, 5.74) is 1.02. The number of carboxylic acid groups (broad SMARTS) is 1. The Morgan fingerprint density at radius 1 is 1.12 bits per heavy atom. The SMILES string of the molecule is CCCC(NCC(=O)NC(C)c1ccc2ccccc2c1)C(=O)O. The molecule has 0 aliphatic carbocycles. The van der Waals surface area contributed by atoms with Gasteiger partial charge in [-0.25, -0.2) is 0 Å². The Morgan fingerprint density at radius 2 is 1.83 bits per heavy atom. The zero-order chi connectivity index (χ0) is 17.5. The molecule has 0 aliphatic heterocycles. The van der Waals surface area contributed by atoms with Gasteiger partial charge < -0.3 is 10.4 Å². The van der Waals surface area contributed by atoms with Crippen LogP contribution in [-0.4, -0.2) is 29.6 Å². The van der Waals surface area contributed by atoms with Gasteiger partial charge in [0.2, 0.25) is 5.91 Å². The molecule has 0 saturated carbocycles. The predicted octanol–water partition coefficient (Wildman–Crippen LogP) is 2.86. The molecule has 2 atom stereocenters. The Hall–Kier alpha value is -2.40. The van der Waals surface area contributed by atoms with Gasteiger partial charge in [-0.3, -0.25) is 14.9 Å². The van der Waals surface area contributed by atoms with E-state index in [4.69, 9.17) is 5.11 Å². The standard InChI is InChI=1S/C19H24N2O3/c1-3-6-17(19(23)24)20-12-18(22)21-13(2)15-10-9-14-7-4-5-8-16(14)11-15/h4-5,7-11,13,17,20H,3,6,12H2,1-2H3,(H,21,22)(H,23,24). The Kier molecular flexibility index (Phi) is 6.32. The van der Waals surface area contributed by atoms with E-state index in [2.05, 4.69) is 16.7 Å². The van der Waals surface area contributed by atoms with Crippen LogP contribution in [0.4, 0.5) is 0 Å². The number of carbonyl (C=O) groups is 2. The van der Waals surface area contributed by atoms with Crippen molar-refractivity contribution in [3.05, 3.63) is 48.0 Å². The maximum absolute atomic E-state index is 12.1. The summed E-state index contributed by atoms with van der Waals surface area (Å²) in [5, 5.41) is 17.1. The molecule has 5 nitrogen and oxygen atoms in total. The van der Waals surface area contributed by atoms with Gasteiger partial charge in [0.05, 0.1) is 12.6 Å². The summed E-state index contributed by atoms with van der Waals surface area (Å²) >= 11 is 0. The number of nitrogens with one attached hydrogen (secondary N) is 2. The first-order valence-corrected chi connectivity index (χ1v) is 8.25. The number of carbonyl (C=O) groups excluding carboxylic acids is 1. The van der Waals surface area contributed by atoms with Gasteiger partial charge in [-0.05, 0) is 35.7 Å². The van der Waals surface area contributed by atoms with Crippen molar-refractivity contribution in [3.8, 4) is 0 Å². The molecule has 0 bridgehead atoms. The molecular formula is C19H24N2O3. The maximum Gasteiger partial charge on any atom is 0.320 e. The third-order valence-electron chi connectivity index (χ3n) is 4.04. The molecule has 128 valence electrons. The lowest BCUT2D eigenvalue weighted by molar-refractivity contribution is -0.139. The summed E-state index contributed by atoms with van der Waals surface area (Å²) in [6.07, 6.45) is 1.25. The first kappa shape index (κ1) is 17.9. The minimum absolute atomic E-state index is 0.00507. The molecule has 2 rings (SSSR count). The molecule has 0 radical (unpaired) electrons. The van der Waals surface area contributed by atoms with Crippen molar-refractivity contribution in [1.82, 2.24) is 10.6 Å². The summed E-state index contributed by atoms with van der Waals surface area (Å²) in [4.78, 5) is 23.1. The number of hydrogen-bond acceptors (Lipinski definition) is 3. The third-order valence-corrected chi connectivity index (χ3v) is 4.04. The fourth-order valence-electron chi connectivity index (χ4n) is 2.67. The third kappa shape index (κ3) is 4.80. The average molecular weight is 328 g/mol. The van der Waals surface area contributed by atoms with Crippen molar-refractivity contribution in [2.45, 2.75) is 38.8 Å². The topological polar surface area (TPSA) is 78.4 Å². The van der Waals surface area contributed by atoms with Gasteiger partial charge in [-0.15, -0.1) is 0 Å². The van der Waals surface area contributed by atoms with E-state index in [1.165, 1.54) is 0 Å². The molecule has 3 N–H and O–H groups in total. The molecule has 2 aromatic rings. The molecule has 24 heavy (non-hydrogen) atoms. The van der Waals surface area contributed by atoms with Crippen LogP contribution in [0, 0.1) is 0 Å². The molecule has 2 unspecified atom stereocenters. The normalized spacial score (nSPS) is 13.4. The summed E-state index contributed by atoms with van der Waals surface area (Å²) in [6, 6.07) is 13.3. The van der Waals surface area contributed by atoms with E-state index in [1.807, 2.05) is 50.2 Å². The lowest BCUT2D eigenvalue weighted by Gasteiger charge is -2.17. The molecular weight excluding hydrogens is 304 g/mol. The molecule has 5 heteroatoms. The van der Waals surface area contributed by atoms with Crippen LogP contribution in [0.2, 0.25) is 0 Å². The van der Waals surface area contributed by atoms with E-state index in [9.17, 15) is 9.59 Å². The molecule has 0 spiro atoms. The van der Waals surface area contributed by atoms with Crippen molar-refractivity contribution in [3.63, 3.8) is 0 Å². The van der Waals surface area contributed by atoms with Crippen LogP contribution in [0.25, 0.3) is 10.8 Å². The van der Waals surface area contributed by atoms with Crippen LogP contribution >= 0.6 is 0 Å². The monoisotopic (exact) mass is 328 g/mol. The van der Waals surface area contributed by atoms with Crippen LogP contribution in [0.1, 0.15) is 38.3 Å². The first-order valence-electron chi connectivity index (χ1n) is 8.25. The number of benzene rings is 2. The van der Waals surface area contributed by atoms with Crippen LogP contribution in [0.3, 0.4) is 0 Å². The van der Waals surface area contributed by atoms with Gasteiger partial charge in [-0.2, -0.15) is 0 Å². The highest BCUT2D eigenvalue weighted by atomic mass is 16.4. The van der Waals surface area contributed by atoms with E-state index in [0.29, 0.717) is 6.42 Å². The highest BCUT2D eigenvalue weighted by molar-refractivity contribution is 5.84. The summed E-state index contributed by atoms with van der Waals surface area (Å²) in [7, 11) is 0. The van der Waals surface area contributed by atoms with Gasteiger partial charge in [0.1, 0.15) is 6.04 Å². The van der Waals surface area contributed by atoms with Crippen molar-refractivity contribution < 1.29 is 14.7 Å². The highest BCUT2D eigenvalue weighted by Crippen LogP contribution is 2.20. The fourth-order valence-corrected chi connectivity index (χ4v) is 2.67. The average Bonchev–Trinajstić information content (AvgIpc) is 2.57. The Bertz CT molecular complexity index is 715. The molecule has 0 aromatic heterocycles. The van der Waals surface area contributed by atoms with E-state index >= 15 is 0 Å². The largest absolute Gasteiger partial charge is 0.480 e. The van der Waals surface area contributed by atoms with E-state index in [-0.39, 0.29) is 18.5 Å². The van der Waals surface area contributed by atoms with Crippen molar-refractivity contribution in [2.24, 2.45) is 0 Å². The van der Waals surface area contributed by atoms with Crippen molar-refractivity contribution in [2.75, 3.05) is 6.54 Å². The maximum atomic E-state index is 12.1. The van der Waals surface area contributed by atoms with Crippen LogP contribution in [0.5, 0.6) is 0 Å². The van der Waals surface area contributed by atoms with Crippen molar-refractivity contribution >= 4 is 22.6 Å². The number of carboxylic acids is 1. The van der Waals surface area contributed by atoms with Gasteiger partial charge in [-0.1, -0.05) is 49.7 Å². The fraction of sp³-hybridized carbons (Fsp3) is 0.368. The lowest BCUT2D eigenvalue weighted by Crippen LogP contribution is -2.43. The molecule has 0 aliphatic rings. The highest BCUT2D eigenvalue weighted by Gasteiger charge is 2.17. The summed E-state index contributed by atoms with van der Waals surface area (Å²) in [6.45, 7) is 3.83. The quantitative estimate of drug-likeness (QED) is 0.696. The summed E-state index contributed by atoms with van der Waals surface area (Å²) < 4.78 is 0. The van der Waals surface area contributed by atoms with Crippen LogP contribution < -0.4 is 10.6 Å².